The largest absolute Gasteiger partial charge is 0.235 e. The van der Waals surface area contributed by atoms with Crippen molar-refractivity contribution in [1.29, 1.82) is 0 Å². The molecule has 2 heterocycles. The Hall–Kier alpha value is -2.59. The zero-order chi connectivity index (χ0) is 15.8. The van der Waals surface area contributed by atoms with Gasteiger partial charge in [0, 0.05) is 10.4 Å². The Morgan fingerprint density at radius 3 is 2.30 bits per heavy atom. The summed E-state index contributed by atoms with van der Waals surface area (Å²) >= 11 is 1.63. The molecule has 0 aliphatic carbocycles. The monoisotopic (exact) mass is 320 g/mol. The molecule has 112 valence electrons. The zero-order valence-electron chi connectivity index (χ0n) is 12.5. The van der Waals surface area contributed by atoms with Crippen molar-refractivity contribution in [3.05, 3.63) is 72.3 Å². The number of nitrogens with zero attached hydrogens (tertiary/aromatic N) is 2. The summed E-state index contributed by atoms with van der Waals surface area (Å²) in [4.78, 5) is 9.90. The molecule has 23 heavy (non-hydrogen) atoms. The lowest BCUT2D eigenvalue weighted by Crippen LogP contribution is -1.85. The van der Waals surface area contributed by atoms with Crippen LogP contribution in [0.25, 0.3) is 31.9 Å². The predicted octanol–water partition coefficient (Wildman–Crippen LogP) is 5.47. The Kier molecular flexibility index (Phi) is 3.39. The quantitative estimate of drug-likeness (QED) is 0.489. The maximum absolute atomic E-state index is 13.1. The molecule has 0 amide bonds. The first-order chi connectivity index (χ1) is 11.2. The standard InChI is InChI=1S/C19H13FN2S/c1-12-2-4-14(5-3-12)18-19-16(21-11-22-18)10-17(23-19)13-6-8-15(20)9-7-13/h2-11H,1H3. The summed E-state index contributed by atoms with van der Waals surface area (Å²) in [5.74, 6) is -0.227. The molecule has 4 rings (SSSR count). The van der Waals surface area contributed by atoms with Crippen LogP contribution in [0, 0.1) is 12.7 Å². The van der Waals surface area contributed by atoms with Gasteiger partial charge < -0.3 is 0 Å². The molecule has 2 aromatic heterocycles. The summed E-state index contributed by atoms with van der Waals surface area (Å²) in [5, 5.41) is 0. The third-order valence-corrected chi connectivity index (χ3v) is 4.95. The number of hydrogen-bond donors (Lipinski definition) is 0. The third kappa shape index (κ3) is 2.62. The highest BCUT2D eigenvalue weighted by Gasteiger charge is 2.11. The van der Waals surface area contributed by atoms with E-state index in [2.05, 4.69) is 41.2 Å². The number of aryl methyl sites for hydroxylation is 1. The molecule has 4 aromatic rings. The summed E-state index contributed by atoms with van der Waals surface area (Å²) in [6.07, 6.45) is 1.60. The van der Waals surface area contributed by atoms with E-state index in [9.17, 15) is 4.39 Å². The van der Waals surface area contributed by atoms with Gasteiger partial charge in [-0.15, -0.1) is 11.3 Å². The van der Waals surface area contributed by atoms with Crippen LogP contribution in [-0.4, -0.2) is 9.97 Å². The Morgan fingerprint density at radius 2 is 1.57 bits per heavy atom. The van der Waals surface area contributed by atoms with Crippen LogP contribution in [0.1, 0.15) is 5.56 Å². The highest BCUT2D eigenvalue weighted by atomic mass is 32.1. The molecule has 0 N–H and O–H groups in total. The van der Waals surface area contributed by atoms with Gasteiger partial charge >= 0.3 is 0 Å². The molecule has 0 unspecified atom stereocenters. The predicted molar refractivity (Wildman–Crippen MR) is 93.0 cm³/mol. The molecule has 2 nitrogen and oxygen atoms in total. The minimum absolute atomic E-state index is 0.227. The average molecular weight is 320 g/mol. The van der Waals surface area contributed by atoms with Crippen LogP contribution in [0.5, 0.6) is 0 Å². The Bertz CT molecular complexity index is 973. The number of hydrogen-bond acceptors (Lipinski definition) is 3. The molecule has 4 heteroatoms. The van der Waals surface area contributed by atoms with Gasteiger partial charge in [0.05, 0.1) is 15.9 Å². The first-order valence-electron chi connectivity index (χ1n) is 7.28. The minimum Gasteiger partial charge on any atom is -0.235 e. The van der Waals surface area contributed by atoms with E-state index in [4.69, 9.17) is 0 Å². The number of aromatic nitrogens is 2. The lowest BCUT2D eigenvalue weighted by Gasteiger charge is -2.02. The second-order valence-electron chi connectivity index (χ2n) is 5.42. The van der Waals surface area contributed by atoms with Crippen molar-refractivity contribution < 1.29 is 4.39 Å². The number of rotatable bonds is 2. The molecule has 0 saturated heterocycles. The summed E-state index contributed by atoms with van der Waals surface area (Å²) < 4.78 is 14.2. The highest BCUT2D eigenvalue weighted by Crippen LogP contribution is 2.37. The summed E-state index contributed by atoms with van der Waals surface area (Å²) in [7, 11) is 0. The molecule has 0 fully saturated rings. The normalized spacial score (nSPS) is 11.0. The average Bonchev–Trinajstić information content (AvgIpc) is 3.00. The van der Waals surface area contributed by atoms with Crippen molar-refractivity contribution in [2.24, 2.45) is 0 Å². The van der Waals surface area contributed by atoms with Crippen molar-refractivity contribution in [2.45, 2.75) is 6.92 Å². The molecular weight excluding hydrogens is 307 g/mol. The summed E-state index contributed by atoms with van der Waals surface area (Å²) in [6, 6.07) is 16.9. The van der Waals surface area contributed by atoms with Gasteiger partial charge in [-0.3, -0.25) is 0 Å². The van der Waals surface area contributed by atoms with E-state index in [1.807, 2.05) is 6.07 Å². The van der Waals surface area contributed by atoms with E-state index in [-0.39, 0.29) is 5.82 Å². The van der Waals surface area contributed by atoms with Gasteiger partial charge in [-0.05, 0) is 30.7 Å². The SMILES string of the molecule is Cc1ccc(-c2ncnc3cc(-c4ccc(F)cc4)sc23)cc1. The molecule has 0 radical (unpaired) electrons. The summed E-state index contributed by atoms with van der Waals surface area (Å²) in [5.41, 5.74) is 5.14. The van der Waals surface area contributed by atoms with Crippen LogP contribution in [0.4, 0.5) is 4.39 Å². The van der Waals surface area contributed by atoms with E-state index in [0.29, 0.717) is 0 Å². The van der Waals surface area contributed by atoms with Crippen LogP contribution in [0.15, 0.2) is 60.9 Å². The summed E-state index contributed by atoms with van der Waals surface area (Å²) in [6.45, 7) is 2.07. The molecule has 0 atom stereocenters. The Labute approximate surface area is 137 Å². The van der Waals surface area contributed by atoms with E-state index in [1.165, 1.54) is 17.7 Å². The molecule has 2 aromatic carbocycles. The minimum atomic E-state index is -0.227. The number of thiophene rings is 1. The Balaban J connectivity index is 1.87. The number of fused-ring (bicyclic) bond motifs is 1. The maximum Gasteiger partial charge on any atom is 0.123 e. The van der Waals surface area contributed by atoms with Crippen LogP contribution in [0.2, 0.25) is 0 Å². The number of halogens is 1. The van der Waals surface area contributed by atoms with Gasteiger partial charge in [0.2, 0.25) is 0 Å². The van der Waals surface area contributed by atoms with Gasteiger partial charge in [0.25, 0.3) is 0 Å². The topological polar surface area (TPSA) is 25.8 Å². The third-order valence-electron chi connectivity index (χ3n) is 3.76. The van der Waals surface area contributed by atoms with Crippen molar-refractivity contribution in [1.82, 2.24) is 9.97 Å². The molecular formula is C19H13FN2S. The van der Waals surface area contributed by atoms with Crippen molar-refractivity contribution >= 4 is 21.6 Å². The van der Waals surface area contributed by atoms with E-state index in [1.54, 1.807) is 29.8 Å². The van der Waals surface area contributed by atoms with Gasteiger partial charge in [0.1, 0.15) is 12.1 Å². The highest BCUT2D eigenvalue weighted by molar-refractivity contribution is 7.22. The van der Waals surface area contributed by atoms with E-state index < -0.39 is 0 Å². The van der Waals surface area contributed by atoms with Crippen molar-refractivity contribution in [3.8, 4) is 21.7 Å². The van der Waals surface area contributed by atoms with Crippen LogP contribution >= 0.6 is 11.3 Å². The lowest BCUT2D eigenvalue weighted by molar-refractivity contribution is 0.628. The molecule has 0 aliphatic rings. The second-order valence-corrected chi connectivity index (χ2v) is 6.47. The maximum atomic E-state index is 13.1. The fraction of sp³-hybridized carbons (Fsp3) is 0.0526. The fourth-order valence-corrected chi connectivity index (χ4v) is 3.66. The number of benzene rings is 2. The smallest absolute Gasteiger partial charge is 0.123 e. The van der Waals surface area contributed by atoms with Gasteiger partial charge in [-0.25, -0.2) is 14.4 Å². The lowest BCUT2D eigenvalue weighted by atomic mass is 10.1. The van der Waals surface area contributed by atoms with Gasteiger partial charge in [-0.2, -0.15) is 0 Å². The molecule has 0 spiro atoms. The van der Waals surface area contributed by atoms with E-state index in [0.717, 1.165) is 31.9 Å². The fourth-order valence-electron chi connectivity index (χ4n) is 2.53. The zero-order valence-corrected chi connectivity index (χ0v) is 13.3. The van der Waals surface area contributed by atoms with Crippen LogP contribution in [-0.2, 0) is 0 Å². The first kappa shape index (κ1) is 14.0. The van der Waals surface area contributed by atoms with Gasteiger partial charge in [-0.1, -0.05) is 42.0 Å². The molecule has 0 saturated carbocycles. The van der Waals surface area contributed by atoms with Crippen molar-refractivity contribution in [2.75, 3.05) is 0 Å². The van der Waals surface area contributed by atoms with Gasteiger partial charge in [0.15, 0.2) is 0 Å². The Morgan fingerprint density at radius 1 is 0.870 bits per heavy atom. The molecule has 0 aliphatic heterocycles. The van der Waals surface area contributed by atoms with Crippen LogP contribution in [0.3, 0.4) is 0 Å². The first-order valence-corrected chi connectivity index (χ1v) is 8.10. The molecule has 0 bridgehead atoms. The van der Waals surface area contributed by atoms with Crippen molar-refractivity contribution in [3.63, 3.8) is 0 Å². The van der Waals surface area contributed by atoms with E-state index >= 15 is 0 Å². The second kappa shape index (κ2) is 5.56. The van der Waals surface area contributed by atoms with Crippen LogP contribution < -0.4 is 0 Å².